The summed E-state index contributed by atoms with van der Waals surface area (Å²) in [5.41, 5.74) is 2.30. The molecule has 0 aliphatic heterocycles. The topological polar surface area (TPSA) is 58.9 Å². The Morgan fingerprint density at radius 3 is 1.54 bits per heavy atom. The number of allylic oxidation sites excluding steroid dienone is 2. The summed E-state index contributed by atoms with van der Waals surface area (Å²) >= 11 is 0. The molecule has 0 unspecified atom stereocenters. The van der Waals surface area contributed by atoms with Crippen LogP contribution in [0.4, 0.5) is 0 Å². The fraction of sp³-hybridized carbons (Fsp3) is 0.333. The first-order chi connectivity index (χ1) is 13.6. The summed E-state index contributed by atoms with van der Waals surface area (Å²) in [4.78, 5) is 0. The first-order valence-corrected chi connectivity index (χ1v) is 9.75. The molecule has 0 amide bonds. The number of rotatable bonds is 11. The van der Waals surface area contributed by atoms with Crippen molar-refractivity contribution < 1.29 is 19.7 Å². The average molecular weight is 383 g/mol. The van der Waals surface area contributed by atoms with Crippen LogP contribution in [-0.4, -0.2) is 23.4 Å². The fourth-order valence-corrected chi connectivity index (χ4v) is 2.79. The Morgan fingerprint density at radius 1 is 0.714 bits per heavy atom. The van der Waals surface area contributed by atoms with Crippen LogP contribution in [0.3, 0.4) is 0 Å². The largest absolute Gasteiger partial charge is 0.504 e. The van der Waals surface area contributed by atoms with Crippen LogP contribution < -0.4 is 9.47 Å². The van der Waals surface area contributed by atoms with Gasteiger partial charge in [-0.05, 0) is 74.9 Å². The van der Waals surface area contributed by atoms with Gasteiger partial charge >= 0.3 is 0 Å². The number of aromatic hydroxyl groups is 2. The zero-order chi connectivity index (χ0) is 20.2. The molecule has 4 nitrogen and oxygen atoms in total. The zero-order valence-electron chi connectivity index (χ0n) is 16.7. The molecule has 0 aliphatic carbocycles. The highest BCUT2D eigenvalue weighted by molar-refractivity contribution is 5.43. The summed E-state index contributed by atoms with van der Waals surface area (Å²) < 4.78 is 11.2. The van der Waals surface area contributed by atoms with E-state index in [1.54, 1.807) is 12.1 Å². The minimum absolute atomic E-state index is 0.169. The van der Waals surface area contributed by atoms with Gasteiger partial charge in [0.1, 0.15) is 13.2 Å². The maximum atomic E-state index is 9.89. The lowest BCUT2D eigenvalue weighted by Crippen LogP contribution is -1.96. The van der Waals surface area contributed by atoms with Gasteiger partial charge in [0.05, 0.1) is 0 Å². The molecule has 2 aromatic rings. The number of ether oxygens (including phenoxy) is 2. The zero-order valence-corrected chi connectivity index (χ0v) is 16.7. The molecular formula is C24H30O4. The SMILES string of the molecule is CC=CCOc1cc(CCCCc2ccc(O)c(OCC=CC)c2)ccc1O. The van der Waals surface area contributed by atoms with Crippen molar-refractivity contribution in [3.63, 3.8) is 0 Å². The maximum Gasteiger partial charge on any atom is 0.161 e. The van der Waals surface area contributed by atoms with Gasteiger partial charge < -0.3 is 19.7 Å². The molecule has 2 N–H and O–H groups in total. The monoisotopic (exact) mass is 382 g/mol. The standard InChI is InChI=1S/C24H30O4/c1-3-5-15-27-23-17-19(11-13-21(23)25)9-7-8-10-20-12-14-22(26)24(18-20)28-16-6-4-2/h3-6,11-14,17-18,25-26H,7-10,15-16H2,1-2H3. The van der Waals surface area contributed by atoms with Gasteiger partial charge in [-0.25, -0.2) is 0 Å². The van der Waals surface area contributed by atoms with Gasteiger partial charge in [-0.3, -0.25) is 0 Å². The molecule has 0 saturated carbocycles. The van der Waals surface area contributed by atoms with Gasteiger partial charge in [0.2, 0.25) is 0 Å². The Hall–Kier alpha value is -2.88. The smallest absolute Gasteiger partial charge is 0.161 e. The van der Waals surface area contributed by atoms with Crippen molar-refractivity contribution in [2.45, 2.75) is 39.5 Å². The van der Waals surface area contributed by atoms with E-state index < -0.39 is 0 Å². The van der Waals surface area contributed by atoms with E-state index >= 15 is 0 Å². The predicted molar refractivity (Wildman–Crippen MR) is 113 cm³/mol. The molecule has 2 aromatic carbocycles. The lowest BCUT2D eigenvalue weighted by molar-refractivity contribution is 0.335. The highest BCUT2D eigenvalue weighted by Crippen LogP contribution is 2.29. The molecule has 0 aliphatic rings. The first kappa shape index (κ1) is 21.4. The Labute approximate surface area is 167 Å². The molecule has 0 aromatic heterocycles. The van der Waals surface area contributed by atoms with Crippen LogP contribution in [-0.2, 0) is 12.8 Å². The summed E-state index contributed by atoms with van der Waals surface area (Å²) in [5.74, 6) is 1.39. The Morgan fingerprint density at radius 2 is 1.14 bits per heavy atom. The van der Waals surface area contributed by atoms with E-state index in [-0.39, 0.29) is 11.5 Å². The second kappa shape index (κ2) is 11.8. The summed E-state index contributed by atoms with van der Waals surface area (Å²) in [6, 6.07) is 11.1. The van der Waals surface area contributed by atoms with Crippen molar-refractivity contribution in [3.05, 3.63) is 71.8 Å². The second-order valence-corrected chi connectivity index (χ2v) is 6.57. The molecule has 0 radical (unpaired) electrons. The number of phenolic OH excluding ortho intramolecular Hbond substituents is 2. The molecule has 0 spiro atoms. The Bertz CT molecular complexity index is 726. The lowest BCUT2D eigenvalue weighted by atomic mass is 10.0. The van der Waals surface area contributed by atoms with Crippen molar-refractivity contribution in [1.82, 2.24) is 0 Å². The highest BCUT2D eigenvalue weighted by Gasteiger charge is 2.06. The number of aryl methyl sites for hydroxylation is 2. The quantitative estimate of drug-likeness (QED) is 0.394. The van der Waals surface area contributed by atoms with E-state index in [4.69, 9.17) is 9.47 Å². The summed E-state index contributed by atoms with van der Waals surface area (Å²) in [7, 11) is 0. The van der Waals surface area contributed by atoms with Crippen LogP contribution >= 0.6 is 0 Å². The minimum atomic E-state index is 0.169. The normalized spacial score (nSPS) is 11.4. The molecule has 150 valence electrons. The van der Waals surface area contributed by atoms with Gasteiger partial charge in [-0.1, -0.05) is 36.4 Å². The molecule has 4 heteroatoms. The lowest BCUT2D eigenvalue weighted by Gasteiger charge is -2.10. The van der Waals surface area contributed by atoms with Crippen molar-refractivity contribution >= 4 is 0 Å². The second-order valence-electron chi connectivity index (χ2n) is 6.57. The van der Waals surface area contributed by atoms with E-state index in [0.717, 1.165) is 36.8 Å². The van der Waals surface area contributed by atoms with Gasteiger partial charge in [-0.2, -0.15) is 0 Å². The number of hydrogen-bond donors (Lipinski definition) is 2. The van der Waals surface area contributed by atoms with E-state index in [9.17, 15) is 10.2 Å². The predicted octanol–water partition coefficient (Wildman–Crippen LogP) is 5.57. The van der Waals surface area contributed by atoms with Crippen molar-refractivity contribution in [2.24, 2.45) is 0 Å². The average Bonchev–Trinajstić information content (AvgIpc) is 2.70. The van der Waals surface area contributed by atoms with E-state index in [0.29, 0.717) is 24.7 Å². The van der Waals surface area contributed by atoms with Crippen LogP contribution in [0.15, 0.2) is 60.7 Å². The van der Waals surface area contributed by atoms with Crippen molar-refractivity contribution in [3.8, 4) is 23.0 Å². The molecule has 0 bridgehead atoms. The van der Waals surface area contributed by atoms with Gasteiger partial charge in [0.25, 0.3) is 0 Å². The molecule has 0 heterocycles. The maximum absolute atomic E-state index is 9.89. The number of benzene rings is 2. The molecule has 0 saturated heterocycles. The van der Waals surface area contributed by atoms with Crippen molar-refractivity contribution in [2.75, 3.05) is 13.2 Å². The van der Waals surface area contributed by atoms with Crippen LogP contribution in [0.2, 0.25) is 0 Å². The van der Waals surface area contributed by atoms with Crippen LogP contribution in [0, 0.1) is 0 Å². The van der Waals surface area contributed by atoms with E-state index in [2.05, 4.69) is 0 Å². The molecule has 28 heavy (non-hydrogen) atoms. The van der Waals surface area contributed by atoms with Gasteiger partial charge in [0, 0.05) is 0 Å². The Kier molecular flexibility index (Phi) is 8.99. The third kappa shape index (κ3) is 7.03. The minimum Gasteiger partial charge on any atom is -0.504 e. The van der Waals surface area contributed by atoms with Gasteiger partial charge in [0.15, 0.2) is 23.0 Å². The van der Waals surface area contributed by atoms with Crippen LogP contribution in [0.1, 0.15) is 37.8 Å². The number of unbranched alkanes of at least 4 members (excludes halogenated alkanes) is 1. The molecule has 0 fully saturated rings. The van der Waals surface area contributed by atoms with Crippen LogP contribution in [0.5, 0.6) is 23.0 Å². The van der Waals surface area contributed by atoms with E-state index in [1.165, 1.54) is 0 Å². The van der Waals surface area contributed by atoms with Gasteiger partial charge in [-0.15, -0.1) is 0 Å². The molecule has 2 rings (SSSR count). The number of hydrogen-bond acceptors (Lipinski definition) is 4. The third-order valence-corrected chi connectivity index (χ3v) is 4.37. The summed E-state index contributed by atoms with van der Waals surface area (Å²) in [6.45, 7) is 4.77. The number of phenols is 2. The third-order valence-electron chi connectivity index (χ3n) is 4.37. The molecule has 0 atom stereocenters. The fourth-order valence-electron chi connectivity index (χ4n) is 2.79. The van der Waals surface area contributed by atoms with Crippen LogP contribution in [0.25, 0.3) is 0 Å². The summed E-state index contributed by atoms with van der Waals surface area (Å²) in [5, 5.41) is 19.8. The summed E-state index contributed by atoms with van der Waals surface area (Å²) in [6.07, 6.45) is 11.5. The van der Waals surface area contributed by atoms with E-state index in [1.807, 2.05) is 62.4 Å². The highest BCUT2D eigenvalue weighted by atomic mass is 16.5. The van der Waals surface area contributed by atoms with Crippen molar-refractivity contribution in [1.29, 1.82) is 0 Å². The Balaban J connectivity index is 1.84. The first-order valence-electron chi connectivity index (χ1n) is 9.75. The molecular weight excluding hydrogens is 352 g/mol.